The molecule has 0 spiro atoms. The number of hydrogen-bond donors (Lipinski definition) is 0. The first-order valence-electron chi connectivity index (χ1n) is 5.83. The lowest BCUT2D eigenvalue weighted by Crippen LogP contribution is -2.40. The van der Waals surface area contributed by atoms with Gasteiger partial charge in [0.2, 0.25) is 0 Å². The summed E-state index contributed by atoms with van der Waals surface area (Å²) in [5.41, 5.74) is -0.0672. The van der Waals surface area contributed by atoms with Crippen LogP contribution in [-0.2, 0) is 14.1 Å². The Balaban J connectivity index is 0.000000690. The molecule has 0 saturated heterocycles. The molecular weight excluding hydrogens is 383 g/mol. The monoisotopic (exact) mass is 397 g/mol. The van der Waals surface area contributed by atoms with Crippen molar-refractivity contribution >= 4 is 62.9 Å². The van der Waals surface area contributed by atoms with E-state index in [0.717, 1.165) is 0 Å². The van der Waals surface area contributed by atoms with Gasteiger partial charge in [0.1, 0.15) is 11.9 Å². The van der Waals surface area contributed by atoms with E-state index in [2.05, 4.69) is 33.7 Å². The first-order valence-corrected chi connectivity index (χ1v) is 10.6. The molecule has 0 N–H and O–H groups in total. The van der Waals surface area contributed by atoms with Crippen molar-refractivity contribution in [1.82, 2.24) is 4.90 Å². The predicted molar refractivity (Wildman–Crippen MR) is 86.5 cm³/mol. The van der Waals surface area contributed by atoms with Crippen LogP contribution in [0, 0.1) is 0 Å². The van der Waals surface area contributed by atoms with Crippen molar-refractivity contribution in [2.75, 3.05) is 13.1 Å². The quantitative estimate of drug-likeness (QED) is 0.453. The van der Waals surface area contributed by atoms with Crippen molar-refractivity contribution < 1.29 is 18.9 Å². The van der Waals surface area contributed by atoms with Crippen LogP contribution in [0.25, 0.3) is 0 Å². The Hall–Kier alpha value is 0.0700. The molecule has 1 rings (SSSR count). The fraction of sp³-hybridized carbons (Fsp3) is 0.636. The van der Waals surface area contributed by atoms with Gasteiger partial charge in [-0.2, -0.15) is 0 Å². The van der Waals surface area contributed by atoms with Gasteiger partial charge in [-0.3, -0.25) is 9.36 Å². The molecule has 10 heteroatoms. The zero-order valence-electron chi connectivity index (χ0n) is 11.7. The maximum atomic E-state index is 11.7. The van der Waals surface area contributed by atoms with E-state index < -0.39 is 16.9 Å². The van der Waals surface area contributed by atoms with Gasteiger partial charge in [-0.1, -0.05) is 11.6 Å². The van der Waals surface area contributed by atoms with Gasteiger partial charge in [0.15, 0.2) is 0 Å². The molecule has 1 aliphatic rings. The Kier molecular flexibility index (Phi) is 8.67. The number of rotatable bonds is 1. The van der Waals surface area contributed by atoms with Crippen LogP contribution >= 0.6 is 50.5 Å². The lowest BCUT2D eigenvalue weighted by atomic mass is 10.1. The third-order valence-corrected chi connectivity index (χ3v) is 2.54. The van der Waals surface area contributed by atoms with E-state index in [1.807, 2.05) is 0 Å². The number of carbonyl (C=O) groups excluding carboxylic acids is 2. The van der Waals surface area contributed by atoms with Crippen LogP contribution in [0.5, 0.6) is 0 Å². The van der Waals surface area contributed by atoms with Gasteiger partial charge in [0.05, 0.1) is 6.54 Å². The summed E-state index contributed by atoms with van der Waals surface area (Å²) < 4.78 is 14.7. The van der Waals surface area contributed by atoms with Crippen LogP contribution in [0.1, 0.15) is 27.2 Å². The topological polar surface area (TPSA) is 63.7 Å². The molecule has 5 nitrogen and oxygen atoms in total. The van der Waals surface area contributed by atoms with Crippen LogP contribution in [0.4, 0.5) is 4.79 Å². The van der Waals surface area contributed by atoms with Gasteiger partial charge in [-0.25, -0.2) is 4.79 Å². The standard InChI is InChI=1S/C11H16ClNO3.Cl3OP/c1-11(2,3)16-10(15)13-5-4-9(12)8(6-13)7-14;1-5(2,3)4/h7H,4-6H2,1-3H3;. The van der Waals surface area contributed by atoms with Crippen LogP contribution in [0.3, 0.4) is 0 Å². The normalized spacial score (nSPS) is 16.0. The minimum atomic E-state index is -3.22. The zero-order chi connectivity index (χ0) is 16.8. The zero-order valence-corrected chi connectivity index (χ0v) is 15.7. The van der Waals surface area contributed by atoms with Crippen LogP contribution in [-0.4, -0.2) is 36.0 Å². The molecule has 1 heterocycles. The second kappa shape index (κ2) is 8.64. The van der Waals surface area contributed by atoms with Crippen LogP contribution in [0.2, 0.25) is 0 Å². The summed E-state index contributed by atoms with van der Waals surface area (Å²) in [5.74, 6) is 0. The smallest absolute Gasteiger partial charge is 0.410 e. The number of halogens is 4. The molecule has 0 aromatic heterocycles. The van der Waals surface area contributed by atoms with Gasteiger partial charge >= 0.3 is 11.3 Å². The van der Waals surface area contributed by atoms with Gasteiger partial charge < -0.3 is 9.64 Å². The first kappa shape index (κ1) is 21.1. The Morgan fingerprint density at radius 1 is 1.33 bits per heavy atom. The number of amides is 1. The molecule has 1 amide bonds. The highest BCUT2D eigenvalue weighted by Gasteiger charge is 2.26. The van der Waals surface area contributed by atoms with Crippen molar-refractivity contribution in [3.8, 4) is 0 Å². The molecule has 0 atom stereocenters. The average Bonchev–Trinajstić information content (AvgIpc) is 2.24. The van der Waals surface area contributed by atoms with Gasteiger partial charge in [0.25, 0.3) is 0 Å². The fourth-order valence-electron chi connectivity index (χ4n) is 1.35. The van der Waals surface area contributed by atoms with E-state index in [1.54, 1.807) is 20.8 Å². The molecule has 0 radical (unpaired) electrons. The summed E-state index contributed by atoms with van der Waals surface area (Å²) in [6.45, 7) is 6.14. The van der Waals surface area contributed by atoms with Crippen molar-refractivity contribution in [2.24, 2.45) is 0 Å². The van der Waals surface area contributed by atoms with E-state index in [-0.39, 0.29) is 6.54 Å². The molecule has 0 aliphatic carbocycles. The molecule has 0 saturated carbocycles. The summed E-state index contributed by atoms with van der Waals surface area (Å²) in [6, 6.07) is 0. The molecule has 0 bridgehead atoms. The highest BCUT2D eigenvalue weighted by Crippen LogP contribution is 2.61. The molecule has 0 fully saturated rings. The van der Waals surface area contributed by atoms with E-state index >= 15 is 0 Å². The highest BCUT2D eigenvalue weighted by atomic mass is 36.0. The van der Waals surface area contributed by atoms with Gasteiger partial charge in [-0.15, -0.1) is 0 Å². The Morgan fingerprint density at radius 3 is 2.19 bits per heavy atom. The number of carbonyl (C=O) groups is 2. The Bertz CT molecular complexity index is 461. The molecule has 122 valence electrons. The van der Waals surface area contributed by atoms with Crippen molar-refractivity contribution in [3.05, 3.63) is 10.6 Å². The number of hydrogen-bond acceptors (Lipinski definition) is 4. The van der Waals surface area contributed by atoms with Crippen molar-refractivity contribution in [2.45, 2.75) is 32.8 Å². The summed E-state index contributed by atoms with van der Waals surface area (Å²) in [6.07, 6.45) is 0.796. The van der Waals surface area contributed by atoms with Gasteiger partial charge in [-0.05, 0) is 54.5 Å². The van der Waals surface area contributed by atoms with E-state index in [9.17, 15) is 14.2 Å². The summed E-state index contributed by atoms with van der Waals surface area (Å²) in [5, 5.41) is -2.69. The summed E-state index contributed by atoms with van der Waals surface area (Å²) in [7, 11) is 0. The number of nitrogens with zero attached hydrogens (tertiary/aromatic N) is 1. The fourth-order valence-corrected chi connectivity index (χ4v) is 1.54. The Morgan fingerprint density at radius 2 is 1.81 bits per heavy atom. The second-order valence-electron chi connectivity index (χ2n) is 5.10. The molecule has 1 aliphatic heterocycles. The minimum Gasteiger partial charge on any atom is -0.444 e. The summed E-state index contributed by atoms with van der Waals surface area (Å²) in [4.78, 5) is 23.9. The van der Waals surface area contributed by atoms with Crippen molar-refractivity contribution in [3.63, 3.8) is 0 Å². The van der Waals surface area contributed by atoms with Crippen LogP contribution in [0.15, 0.2) is 10.6 Å². The van der Waals surface area contributed by atoms with Crippen molar-refractivity contribution in [1.29, 1.82) is 0 Å². The molecule has 0 unspecified atom stereocenters. The lowest BCUT2D eigenvalue weighted by molar-refractivity contribution is -0.105. The predicted octanol–water partition coefficient (Wildman–Crippen LogP) is 5.13. The number of ether oxygens (including phenoxy) is 1. The SMILES string of the molecule is CC(C)(C)OC(=O)N1CCC(Cl)=C(C=O)C1.O=P(Cl)(Cl)Cl. The lowest BCUT2D eigenvalue weighted by Gasteiger charge is -2.30. The maximum Gasteiger partial charge on any atom is 0.410 e. The second-order valence-corrected chi connectivity index (χ2v) is 12.2. The highest BCUT2D eigenvalue weighted by molar-refractivity contribution is 8.24. The molecular formula is C11H16Cl4NO4P. The number of aldehydes is 1. The summed E-state index contributed by atoms with van der Waals surface area (Å²) >= 11 is 19.7. The van der Waals surface area contributed by atoms with E-state index in [1.165, 1.54) is 4.90 Å². The Labute approximate surface area is 143 Å². The van der Waals surface area contributed by atoms with Crippen LogP contribution < -0.4 is 0 Å². The molecule has 0 aromatic carbocycles. The maximum absolute atomic E-state index is 11.7. The first-order chi connectivity index (χ1) is 9.33. The third-order valence-electron chi connectivity index (χ3n) is 2.10. The van der Waals surface area contributed by atoms with E-state index in [4.69, 9.17) is 16.3 Å². The third kappa shape index (κ3) is 11.3. The minimum absolute atomic E-state index is 0.233. The van der Waals surface area contributed by atoms with Gasteiger partial charge in [0, 0.05) is 23.6 Å². The molecule has 0 aromatic rings. The van der Waals surface area contributed by atoms with E-state index in [0.29, 0.717) is 29.9 Å². The average molecular weight is 399 g/mol. The molecule has 21 heavy (non-hydrogen) atoms. The largest absolute Gasteiger partial charge is 0.444 e.